The smallest absolute Gasteiger partial charge is 0.407 e. The maximum Gasteiger partial charge on any atom is 0.407 e. The number of fused-ring (bicyclic) bond motifs is 2. The van der Waals surface area contributed by atoms with Crippen molar-refractivity contribution in [2.24, 2.45) is 11.8 Å². The van der Waals surface area contributed by atoms with Crippen LogP contribution in [0.3, 0.4) is 0 Å². The summed E-state index contributed by atoms with van der Waals surface area (Å²) in [6.45, 7) is 5.10. The minimum Gasteiger partial charge on any atom is -0.453 e. The largest absolute Gasteiger partial charge is 0.453 e. The van der Waals surface area contributed by atoms with Gasteiger partial charge in [-0.05, 0) is 42.2 Å². The number of rotatable bonds is 10. The molecule has 0 radical (unpaired) electrons. The van der Waals surface area contributed by atoms with Crippen molar-refractivity contribution in [2.75, 3.05) is 27.3 Å². The summed E-state index contributed by atoms with van der Waals surface area (Å²) in [5.74, 6) is -7.21. The molecule has 2 fully saturated rings. The maximum atomic E-state index is 15.0. The number of likely N-dealkylation sites (tertiary alicyclic amines) is 2. The van der Waals surface area contributed by atoms with Crippen LogP contribution in [0.1, 0.15) is 64.3 Å². The Bertz CT molecular complexity index is 2570. The standard InChI is InChI=1S/C42H45F4N9O7/c1-20(2)32(51-39(58)60-5)37(56)54-18-41(43,44)14-28(54)35-47-16-25(49-35)22-7-9-27-31(13-22)62-30-10-8-23(24-11-12-53(27)34(24)30)26-17-48-36(50-26)29-15-42(45,46)19-55(29)38(57)33(21(3)4)52-40(59)61-6/h7-13,16-17,20-21,28-29,32-33H,14-15,18-19H2,1-6H3,(H,47,49)(H,48,50)(H,51,58)(H,52,59)/t28-,29-,32-,33-/m0/s1. The fraction of sp³-hybridized carbons (Fsp3) is 0.429. The predicted octanol–water partition coefficient (Wildman–Crippen LogP) is 7.10. The van der Waals surface area contributed by atoms with Gasteiger partial charge in [0.1, 0.15) is 23.7 Å². The summed E-state index contributed by atoms with van der Waals surface area (Å²) in [5.41, 5.74) is 3.79. The molecule has 16 nitrogen and oxygen atoms in total. The van der Waals surface area contributed by atoms with Gasteiger partial charge in [-0.25, -0.2) is 37.1 Å². The van der Waals surface area contributed by atoms with E-state index in [2.05, 4.69) is 40.0 Å². The normalized spacial score (nSPS) is 19.6. The van der Waals surface area contributed by atoms with Crippen LogP contribution in [0, 0.1) is 11.8 Å². The molecule has 5 aromatic rings. The quantitative estimate of drug-likeness (QED) is 0.104. The molecule has 0 saturated carbocycles. The van der Waals surface area contributed by atoms with E-state index in [-0.39, 0.29) is 11.6 Å². The molecule has 2 aromatic carbocycles. The van der Waals surface area contributed by atoms with Crippen LogP contribution in [-0.2, 0) is 19.1 Å². The second-order valence-corrected chi connectivity index (χ2v) is 16.5. The first kappa shape index (κ1) is 42.1. The number of hydrogen-bond donors (Lipinski definition) is 4. The maximum absolute atomic E-state index is 15.0. The van der Waals surface area contributed by atoms with Gasteiger partial charge in [-0.15, -0.1) is 0 Å². The molecule has 0 aliphatic carbocycles. The van der Waals surface area contributed by atoms with E-state index in [9.17, 15) is 36.7 Å². The molecule has 4 atom stereocenters. The average Bonchev–Trinajstić information content (AvgIpc) is 4.08. The van der Waals surface area contributed by atoms with Crippen molar-refractivity contribution in [3.8, 4) is 39.7 Å². The van der Waals surface area contributed by atoms with E-state index in [4.69, 9.17) is 4.74 Å². The SMILES string of the molecule is COC(=O)N[C@H](C(=O)N1CC(F)(F)C[C@H]1c1ncc(-c2ccc3c(c2)Oc2ccc(-c4cnc([C@@H]5CC(F)(F)CN5C(=O)[C@@H](NC(=O)OC)C(C)C)[nH]4)c4ccn-3c24)[nH]1)C(C)C. The van der Waals surface area contributed by atoms with E-state index < -0.39 is 97.8 Å². The first-order valence-electron chi connectivity index (χ1n) is 20.0. The fourth-order valence-electron chi connectivity index (χ4n) is 8.47. The van der Waals surface area contributed by atoms with Crippen LogP contribution < -0.4 is 15.4 Å². The monoisotopic (exact) mass is 863 g/mol. The summed E-state index contributed by atoms with van der Waals surface area (Å²) < 4.78 is 77.4. The number of alkyl halides is 4. The molecule has 0 bridgehead atoms. The van der Waals surface area contributed by atoms with Gasteiger partial charge in [0.05, 0.1) is 74.4 Å². The third-order valence-electron chi connectivity index (χ3n) is 11.6. The Morgan fingerprint density at radius 1 is 0.758 bits per heavy atom. The molecule has 328 valence electrons. The average molecular weight is 864 g/mol. The van der Waals surface area contributed by atoms with Crippen molar-refractivity contribution in [3.63, 3.8) is 0 Å². The molecule has 3 aliphatic heterocycles. The van der Waals surface area contributed by atoms with Crippen molar-refractivity contribution in [1.29, 1.82) is 0 Å². The third-order valence-corrected chi connectivity index (χ3v) is 11.6. The van der Waals surface area contributed by atoms with Crippen molar-refractivity contribution in [3.05, 3.63) is 66.6 Å². The Morgan fingerprint density at radius 2 is 1.29 bits per heavy atom. The minimum atomic E-state index is -3.19. The Hall–Kier alpha value is -6.60. The second-order valence-electron chi connectivity index (χ2n) is 16.5. The highest BCUT2D eigenvalue weighted by Gasteiger charge is 2.52. The zero-order valence-corrected chi connectivity index (χ0v) is 34.6. The number of methoxy groups -OCH3 is 2. The van der Waals surface area contributed by atoms with E-state index in [1.165, 1.54) is 12.4 Å². The topological polar surface area (TPSA) is 189 Å². The molecule has 8 rings (SSSR count). The van der Waals surface area contributed by atoms with Crippen LogP contribution in [0.5, 0.6) is 11.5 Å². The molecule has 3 aromatic heterocycles. The molecule has 20 heteroatoms. The number of hydrogen-bond acceptors (Lipinski definition) is 9. The van der Waals surface area contributed by atoms with Crippen molar-refractivity contribution >= 4 is 34.9 Å². The number of carbonyl (C=O) groups is 4. The molecule has 0 unspecified atom stereocenters. The number of aromatic amines is 2. The Morgan fingerprint density at radius 3 is 1.82 bits per heavy atom. The van der Waals surface area contributed by atoms with Crippen molar-refractivity contribution in [2.45, 2.75) is 76.5 Å². The Kier molecular flexibility index (Phi) is 10.7. The summed E-state index contributed by atoms with van der Waals surface area (Å²) >= 11 is 0. The highest BCUT2D eigenvalue weighted by atomic mass is 19.3. The third kappa shape index (κ3) is 7.65. The van der Waals surface area contributed by atoms with E-state index in [1.54, 1.807) is 39.8 Å². The first-order valence-corrected chi connectivity index (χ1v) is 20.0. The molecule has 4 amide bonds. The van der Waals surface area contributed by atoms with Gasteiger partial charge in [0, 0.05) is 35.6 Å². The van der Waals surface area contributed by atoms with Gasteiger partial charge in [-0.1, -0.05) is 33.8 Å². The van der Waals surface area contributed by atoms with Crippen LogP contribution in [0.4, 0.5) is 27.2 Å². The minimum absolute atomic E-state index is 0.160. The van der Waals surface area contributed by atoms with Gasteiger partial charge in [0.15, 0.2) is 11.5 Å². The number of amides is 4. The highest BCUT2D eigenvalue weighted by molar-refractivity contribution is 6.00. The molecule has 0 spiro atoms. The van der Waals surface area contributed by atoms with Gasteiger partial charge in [0.25, 0.3) is 11.8 Å². The first-order chi connectivity index (χ1) is 29.4. The molecule has 6 heterocycles. The predicted molar refractivity (Wildman–Crippen MR) is 215 cm³/mol. The number of nitrogens with zero attached hydrogens (tertiary/aromatic N) is 5. The lowest BCUT2D eigenvalue weighted by Crippen LogP contribution is -2.51. The number of imidazole rings is 2. The van der Waals surface area contributed by atoms with E-state index >= 15 is 0 Å². The van der Waals surface area contributed by atoms with Gasteiger partial charge in [-0.2, -0.15) is 0 Å². The second kappa shape index (κ2) is 15.7. The van der Waals surface area contributed by atoms with Gasteiger partial charge >= 0.3 is 12.2 Å². The molecule has 62 heavy (non-hydrogen) atoms. The van der Waals surface area contributed by atoms with Crippen LogP contribution in [0.15, 0.2) is 55.0 Å². The van der Waals surface area contributed by atoms with Crippen LogP contribution in [0.25, 0.3) is 39.1 Å². The fourth-order valence-corrected chi connectivity index (χ4v) is 8.47. The molecular weight excluding hydrogens is 819 g/mol. The Labute approximate surface area is 352 Å². The lowest BCUT2D eigenvalue weighted by atomic mass is 10.0. The Balaban J connectivity index is 1.04. The number of aromatic nitrogens is 5. The summed E-state index contributed by atoms with van der Waals surface area (Å²) in [6, 6.07) is 6.54. The number of H-pyrrole nitrogens is 2. The van der Waals surface area contributed by atoms with E-state index in [1.807, 2.05) is 35.0 Å². The highest BCUT2D eigenvalue weighted by Crippen LogP contribution is 2.47. The van der Waals surface area contributed by atoms with E-state index in [0.717, 1.165) is 34.9 Å². The van der Waals surface area contributed by atoms with Crippen molar-refractivity contribution in [1.82, 2.24) is 44.9 Å². The van der Waals surface area contributed by atoms with Crippen LogP contribution >= 0.6 is 0 Å². The molecular formula is C42H45F4N9O7. The lowest BCUT2D eigenvalue weighted by Gasteiger charge is -2.29. The van der Waals surface area contributed by atoms with Crippen LogP contribution in [-0.4, -0.2) is 110 Å². The summed E-state index contributed by atoms with van der Waals surface area (Å²) in [4.78, 5) is 68.5. The summed E-state index contributed by atoms with van der Waals surface area (Å²) in [7, 11) is 2.30. The number of nitrogens with one attached hydrogen (secondary N) is 4. The number of ether oxygens (including phenoxy) is 3. The zero-order chi connectivity index (χ0) is 44.4. The number of halogens is 4. The number of carbonyl (C=O) groups excluding carboxylic acids is 4. The summed E-state index contributed by atoms with van der Waals surface area (Å²) in [6.07, 6.45) is 1.89. The lowest BCUT2D eigenvalue weighted by molar-refractivity contribution is -0.137. The van der Waals surface area contributed by atoms with Gasteiger partial charge in [-0.3, -0.25) is 9.59 Å². The van der Waals surface area contributed by atoms with Crippen molar-refractivity contribution < 1.29 is 51.0 Å². The molecule has 3 aliphatic rings. The summed E-state index contributed by atoms with van der Waals surface area (Å²) in [5, 5.41) is 5.70. The molecule has 2 saturated heterocycles. The van der Waals surface area contributed by atoms with Gasteiger partial charge < -0.3 is 49.2 Å². The molecule has 4 N–H and O–H groups in total. The number of alkyl carbamates (subject to hydrolysis) is 2. The zero-order valence-electron chi connectivity index (χ0n) is 34.6. The van der Waals surface area contributed by atoms with Crippen LogP contribution in [0.2, 0.25) is 0 Å². The van der Waals surface area contributed by atoms with E-state index in [0.29, 0.717) is 39.7 Å². The van der Waals surface area contributed by atoms with Gasteiger partial charge in [0.2, 0.25) is 11.8 Å². The number of benzene rings is 2.